The molecular weight excluding hydrogens is 252 g/mol. The molecule has 0 amide bonds. The molecule has 1 N–H and O–H groups in total. The molecule has 1 aromatic rings. The van der Waals surface area contributed by atoms with Gasteiger partial charge in [0.25, 0.3) is 0 Å². The molecule has 0 aromatic carbocycles. The summed E-state index contributed by atoms with van der Waals surface area (Å²) < 4.78 is 3.59. The Hall–Kier alpha value is -1.10. The maximum atomic E-state index is 12.4. The van der Waals surface area contributed by atoms with Gasteiger partial charge in [-0.2, -0.15) is 5.10 Å². The van der Waals surface area contributed by atoms with E-state index in [1.54, 1.807) is 4.68 Å². The zero-order chi connectivity index (χ0) is 13.9. The number of aromatic nitrogens is 3. The van der Waals surface area contributed by atoms with Gasteiger partial charge < -0.3 is 5.32 Å². The molecule has 20 heavy (non-hydrogen) atoms. The van der Waals surface area contributed by atoms with E-state index >= 15 is 0 Å². The first kappa shape index (κ1) is 13.9. The largest absolute Gasteiger partial charge is 0.345 e. The highest BCUT2D eigenvalue weighted by atomic mass is 16.2. The van der Waals surface area contributed by atoms with Crippen molar-refractivity contribution in [1.82, 2.24) is 19.7 Å². The van der Waals surface area contributed by atoms with E-state index in [0.717, 1.165) is 44.7 Å². The van der Waals surface area contributed by atoms with E-state index in [-0.39, 0.29) is 5.69 Å². The van der Waals surface area contributed by atoms with Gasteiger partial charge in [-0.25, -0.2) is 9.48 Å². The van der Waals surface area contributed by atoms with E-state index in [1.807, 2.05) is 4.57 Å². The number of hydrogen-bond acceptors (Lipinski definition) is 3. The Morgan fingerprint density at radius 1 is 1.30 bits per heavy atom. The predicted molar refractivity (Wildman–Crippen MR) is 78.8 cm³/mol. The molecule has 0 bridgehead atoms. The summed E-state index contributed by atoms with van der Waals surface area (Å²) in [5.41, 5.74) is 0.0978. The molecule has 0 spiro atoms. The summed E-state index contributed by atoms with van der Waals surface area (Å²) in [6, 6.07) is 0.400. The SMILES string of the molecule is CCNC(Cn1nc2n(c1=O)CCCC2)C1CCCC1. The Balaban J connectivity index is 1.77. The summed E-state index contributed by atoms with van der Waals surface area (Å²) in [6.45, 7) is 4.69. The third-order valence-corrected chi connectivity index (χ3v) is 4.84. The summed E-state index contributed by atoms with van der Waals surface area (Å²) in [7, 11) is 0. The van der Waals surface area contributed by atoms with Crippen LogP contribution in [0.1, 0.15) is 51.3 Å². The van der Waals surface area contributed by atoms with Crippen LogP contribution in [0.5, 0.6) is 0 Å². The molecule has 1 atom stereocenters. The van der Waals surface area contributed by atoms with Crippen molar-refractivity contribution in [3.63, 3.8) is 0 Å². The zero-order valence-electron chi connectivity index (χ0n) is 12.5. The summed E-state index contributed by atoms with van der Waals surface area (Å²) in [6.07, 6.45) is 8.48. The fourth-order valence-electron chi connectivity index (χ4n) is 3.76. The number of likely N-dealkylation sites (N-methyl/N-ethyl adjacent to an activating group) is 1. The van der Waals surface area contributed by atoms with Gasteiger partial charge in [0.05, 0.1) is 6.54 Å². The minimum Gasteiger partial charge on any atom is -0.312 e. The number of rotatable bonds is 5. The lowest BCUT2D eigenvalue weighted by molar-refractivity contribution is 0.312. The average molecular weight is 278 g/mol. The number of hydrogen-bond donors (Lipinski definition) is 1. The van der Waals surface area contributed by atoms with E-state index in [0.29, 0.717) is 12.0 Å². The van der Waals surface area contributed by atoms with Crippen LogP contribution >= 0.6 is 0 Å². The molecule has 1 aromatic heterocycles. The van der Waals surface area contributed by atoms with Crippen molar-refractivity contribution in [2.45, 2.75) is 71.0 Å². The van der Waals surface area contributed by atoms with Gasteiger partial charge >= 0.3 is 5.69 Å². The fourth-order valence-corrected chi connectivity index (χ4v) is 3.76. The molecule has 112 valence electrons. The third-order valence-electron chi connectivity index (χ3n) is 4.84. The Labute approximate surface area is 120 Å². The number of aryl methyl sites for hydroxylation is 1. The van der Waals surface area contributed by atoms with Gasteiger partial charge in [0.15, 0.2) is 0 Å². The number of fused-ring (bicyclic) bond motifs is 1. The second kappa shape index (κ2) is 6.12. The molecule has 3 rings (SSSR count). The lowest BCUT2D eigenvalue weighted by Crippen LogP contribution is -2.41. The Bertz CT molecular complexity index is 498. The molecule has 1 fully saturated rings. The van der Waals surface area contributed by atoms with Crippen LogP contribution in [-0.2, 0) is 19.5 Å². The van der Waals surface area contributed by atoms with Crippen molar-refractivity contribution in [2.24, 2.45) is 5.92 Å². The molecule has 1 saturated carbocycles. The highest BCUT2D eigenvalue weighted by Gasteiger charge is 2.26. The summed E-state index contributed by atoms with van der Waals surface area (Å²) in [4.78, 5) is 12.4. The third kappa shape index (κ3) is 2.68. The second-order valence-electron chi connectivity index (χ2n) is 6.20. The monoisotopic (exact) mass is 278 g/mol. The van der Waals surface area contributed by atoms with Gasteiger partial charge in [-0.3, -0.25) is 4.57 Å². The normalized spacial score (nSPS) is 21.1. The van der Waals surface area contributed by atoms with Crippen molar-refractivity contribution in [3.8, 4) is 0 Å². The van der Waals surface area contributed by atoms with E-state index in [2.05, 4.69) is 17.3 Å². The Morgan fingerprint density at radius 2 is 2.10 bits per heavy atom. The zero-order valence-corrected chi connectivity index (χ0v) is 12.5. The quantitative estimate of drug-likeness (QED) is 0.889. The standard InChI is InChI=1S/C15H26N4O/c1-2-16-13(12-7-3-4-8-12)11-19-15(20)18-10-6-5-9-14(18)17-19/h12-13,16H,2-11H2,1H3. The van der Waals surface area contributed by atoms with Crippen molar-refractivity contribution < 1.29 is 0 Å². The van der Waals surface area contributed by atoms with E-state index in [4.69, 9.17) is 0 Å². The maximum absolute atomic E-state index is 12.4. The van der Waals surface area contributed by atoms with Crippen molar-refractivity contribution in [1.29, 1.82) is 0 Å². The molecule has 1 aliphatic heterocycles. The first-order valence-corrected chi connectivity index (χ1v) is 8.19. The first-order chi connectivity index (χ1) is 9.79. The lowest BCUT2D eigenvalue weighted by atomic mass is 9.98. The summed E-state index contributed by atoms with van der Waals surface area (Å²) in [5.74, 6) is 1.70. The second-order valence-corrected chi connectivity index (χ2v) is 6.20. The number of nitrogens with zero attached hydrogens (tertiary/aromatic N) is 3. The molecule has 5 heteroatoms. The smallest absolute Gasteiger partial charge is 0.312 e. The molecule has 0 radical (unpaired) electrons. The average Bonchev–Trinajstić information content (AvgIpc) is 3.08. The molecule has 5 nitrogen and oxygen atoms in total. The molecule has 2 heterocycles. The molecule has 0 saturated heterocycles. The molecular formula is C15H26N4O. The lowest BCUT2D eigenvalue weighted by Gasteiger charge is -2.23. The van der Waals surface area contributed by atoms with Crippen molar-refractivity contribution in [3.05, 3.63) is 16.3 Å². The van der Waals surface area contributed by atoms with Crippen LogP contribution in [0.3, 0.4) is 0 Å². The van der Waals surface area contributed by atoms with Crippen molar-refractivity contribution in [2.75, 3.05) is 6.54 Å². The first-order valence-electron chi connectivity index (χ1n) is 8.19. The van der Waals surface area contributed by atoms with Gasteiger partial charge in [-0.15, -0.1) is 0 Å². The van der Waals surface area contributed by atoms with Gasteiger partial charge in [-0.1, -0.05) is 19.8 Å². The summed E-state index contributed by atoms with van der Waals surface area (Å²) in [5, 5.41) is 8.14. The molecule has 1 unspecified atom stereocenters. The van der Waals surface area contributed by atoms with Crippen LogP contribution in [0.15, 0.2) is 4.79 Å². The van der Waals surface area contributed by atoms with Crippen LogP contribution < -0.4 is 11.0 Å². The predicted octanol–water partition coefficient (Wildman–Crippen LogP) is 1.55. The van der Waals surface area contributed by atoms with Crippen LogP contribution in [-0.4, -0.2) is 26.9 Å². The number of nitrogens with one attached hydrogen (secondary N) is 1. The highest BCUT2D eigenvalue weighted by molar-refractivity contribution is 4.92. The minimum atomic E-state index is 0.0978. The molecule has 1 aliphatic carbocycles. The maximum Gasteiger partial charge on any atom is 0.345 e. The van der Waals surface area contributed by atoms with E-state index < -0.39 is 0 Å². The van der Waals surface area contributed by atoms with Gasteiger partial charge in [0.1, 0.15) is 5.82 Å². The molecule has 2 aliphatic rings. The van der Waals surface area contributed by atoms with Gasteiger partial charge in [0, 0.05) is 19.0 Å². The van der Waals surface area contributed by atoms with Crippen LogP contribution in [0.2, 0.25) is 0 Å². The van der Waals surface area contributed by atoms with Crippen LogP contribution in [0.4, 0.5) is 0 Å². The van der Waals surface area contributed by atoms with Gasteiger partial charge in [-0.05, 0) is 38.1 Å². The van der Waals surface area contributed by atoms with E-state index in [1.165, 1.54) is 25.7 Å². The van der Waals surface area contributed by atoms with E-state index in [9.17, 15) is 4.79 Å². The fraction of sp³-hybridized carbons (Fsp3) is 0.867. The Kier molecular flexibility index (Phi) is 4.24. The van der Waals surface area contributed by atoms with Crippen LogP contribution in [0, 0.1) is 5.92 Å². The van der Waals surface area contributed by atoms with Gasteiger partial charge in [0.2, 0.25) is 0 Å². The summed E-state index contributed by atoms with van der Waals surface area (Å²) >= 11 is 0. The topological polar surface area (TPSA) is 51.9 Å². The van der Waals surface area contributed by atoms with Crippen molar-refractivity contribution >= 4 is 0 Å². The Morgan fingerprint density at radius 3 is 2.80 bits per heavy atom. The minimum absolute atomic E-state index is 0.0978. The highest BCUT2D eigenvalue weighted by Crippen LogP contribution is 2.28. The van der Waals surface area contributed by atoms with Crippen LogP contribution in [0.25, 0.3) is 0 Å².